The SMILES string of the molecule is Cc1[nH]cnc1CCCCn1cnc2cn(C)nc2c1=O. The van der Waals surface area contributed by atoms with E-state index in [1.165, 1.54) is 0 Å². The van der Waals surface area contributed by atoms with Crippen LogP contribution in [-0.2, 0) is 20.0 Å². The Morgan fingerprint density at radius 2 is 2.14 bits per heavy atom. The molecule has 1 N–H and O–H groups in total. The summed E-state index contributed by atoms with van der Waals surface area (Å²) in [7, 11) is 1.79. The van der Waals surface area contributed by atoms with Gasteiger partial charge in [0.25, 0.3) is 5.56 Å². The van der Waals surface area contributed by atoms with Gasteiger partial charge < -0.3 is 4.98 Å². The minimum Gasteiger partial charge on any atom is -0.348 e. The molecule has 7 heteroatoms. The van der Waals surface area contributed by atoms with Crippen LogP contribution < -0.4 is 5.56 Å². The third kappa shape index (κ3) is 2.72. The highest BCUT2D eigenvalue weighted by Crippen LogP contribution is 2.07. The highest BCUT2D eigenvalue weighted by Gasteiger charge is 2.07. The molecule has 0 unspecified atom stereocenters. The molecule has 0 spiro atoms. The molecule has 0 aliphatic carbocycles. The van der Waals surface area contributed by atoms with Crippen LogP contribution >= 0.6 is 0 Å². The minimum atomic E-state index is -0.0726. The molecule has 0 aliphatic heterocycles. The van der Waals surface area contributed by atoms with E-state index in [1.807, 2.05) is 6.92 Å². The van der Waals surface area contributed by atoms with Gasteiger partial charge in [0, 0.05) is 19.3 Å². The van der Waals surface area contributed by atoms with Crippen molar-refractivity contribution in [3.8, 4) is 0 Å². The number of hydrogen-bond acceptors (Lipinski definition) is 4. The third-order valence-electron chi connectivity index (χ3n) is 3.61. The van der Waals surface area contributed by atoms with Gasteiger partial charge in [0.1, 0.15) is 5.52 Å². The van der Waals surface area contributed by atoms with Crippen LogP contribution in [0.4, 0.5) is 0 Å². The lowest BCUT2D eigenvalue weighted by Gasteiger charge is -2.04. The number of hydrogen-bond donors (Lipinski definition) is 1. The normalized spacial score (nSPS) is 11.3. The Morgan fingerprint density at radius 3 is 2.90 bits per heavy atom. The molecule has 3 aromatic rings. The number of fused-ring (bicyclic) bond motifs is 1. The third-order valence-corrected chi connectivity index (χ3v) is 3.61. The van der Waals surface area contributed by atoms with Gasteiger partial charge in [-0.1, -0.05) is 0 Å². The minimum absolute atomic E-state index is 0.0726. The topological polar surface area (TPSA) is 81.4 Å². The molecular weight excluding hydrogens is 268 g/mol. The average Bonchev–Trinajstić information content (AvgIpc) is 3.03. The van der Waals surface area contributed by atoms with E-state index < -0.39 is 0 Å². The molecule has 110 valence electrons. The van der Waals surface area contributed by atoms with E-state index in [9.17, 15) is 4.79 Å². The Hall–Kier alpha value is -2.44. The number of nitrogens with zero attached hydrogens (tertiary/aromatic N) is 5. The zero-order valence-electron chi connectivity index (χ0n) is 12.2. The van der Waals surface area contributed by atoms with Gasteiger partial charge in [0.05, 0.1) is 24.5 Å². The predicted octanol–water partition coefficient (Wildman–Crippen LogP) is 1.18. The number of unbranched alkanes of at least 4 members (excludes halogenated alkanes) is 1. The lowest BCUT2D eigenvalue weighted by atomic mass is 10.1. The molecule has 3 heterocycles. The summed E-state index contributed by atoms with van der Waals surface area (Å²) in [5, 5.41) is 4.16. The van der Waals surface area contributed by atoms with Crippen LogP contribution in [-0.4, -0.2) is 29.3 Å². The van der Waals surface area contributed by atoms with E-state index in [4.69, 9.17) is 0 Å². The molecule has 3 rings (SSSR count). The standard InChI is InChI=1S/C14H18N6O/c1-10-11(16-8-15-10)5-3-4-6-20-9-17-12-7-19(2)18-13(12)14(20)21/h7-9H,3-6H2,1-2H3,(H,15,16). The van der Waals surface area contributed by atoms with Crippen molar-refractivity contribution < 1.29 is 0 Å². The molecule has 21 heavy (non-hydrogen) atoms. The van der Waals surface area contributed by atoms with Crippen LogP contribution in [0.25, 0.3) is 11.0 Å². The van der Waals surface area contributed by atoms with Crippen molar-refractivity contribution in [1.82, 2.24) is 29.3 Å². The second kappa shape index (κ2) is 5.51. The van der Waals surface area contributed by atoms with Crippen LogP contribution in [0.15, 0.2) is 23.6 Å². The molecule has 0 aliphatic rings. The number of H-pyrrole nitrogens is 1. The molecule has 0 fully saturated rings. The largest absolute Gasteiger partial charge is 0.348 e. The second-order valence-electron chi connectivity index (χ2n) is 5.21. The summed E-state index contributed by atoms with van der Waals surface area (Å²) in [6.45, 7) is 2.67. The first-order chi connectivity index (χ1) is 10.1. The number of nitrogens with one attached hydrogen (secondary N) is 1. The molecule has 0 bridgehead atoms. The summed E-state index contributed by atoms with van der Waals surface area (Å²) in [6, 6.07) is 0. The Morgan fingerprint density at radius 1 is 1.29 bits per heavy atom. The fourth-order valence-corrected chi connectivity index (χ4v) is 2.42. The van der Waals surface area contributed by atoms with Gasteiger partial charge in [-0.3, -0.25) is 14.0 Å². The first kappa shape index (κ1) is 13.5. The summed E-state index contributed by atoms with van der Waals surface area (Å²) >= 11 is 0. The Bertz CT molecular complexity index is 812. The summed E-state index contributed by atoms with van der Waals surface area (Å²) in [4.78, 5) is 23.9. The summed E-state index contributed by atoms with van der Waals surface area (Å²) < 4.78 is 3.25. The number of aromatic amines is 1. The second-order valence-corrected chi connectivity index (χ2v) is 5.21. The van der Waals surface area contributed by atoms with Crippen LogP contribution in [0.5, 0.6) is 0 Å². The maximum atomic E-state index is 12.2. The van der Waals surface area contributed by atoms with E-state index in [-0.39, 0.29) is 5.56 Å². The van der Waals surface area contributed by atoms with Crippen molar-refractivity contribution in [3.63, 3.8) is 0 Å². The smallest absolute Gasteiger partial charge is 0.281 e. The van der Waals surface area contributed by atoms with Crippen LogP contribution in [0, 0.1) is 6.92 Å². The van der Waals surface area contributed by atoms with Crippen molar-refractivity contribution >= 4 is 11.0 Å². The molecule has 0 atom stereocenters. The molecular formula is C14H18N6O. The number of aromatic nitrogens is 6. The molecule has 0 radical (unpaired) electrons. The van der Waals surface area contributed by atoms with Gasteiger partial charge in [-0.2, -0.15) is 5.10 Å². The van der Waals surface area contributed by atoms with Crippen LogP contribution in [0.1, 0.15) is 24.2 Å². The van der Waals surface area contributed by atoms with E-state index in [0.717, 1.165) is 30.7 Å². The maximum Gasteiger partial charge on any atom is 0.281 e. The van der Waals surface area contributed by atoms with Crippen molar-refractivity contribution in [3.05, 3.63) is 40.6 Å². The van der Waals surface area contributed by atoms with E-state index in [0.29, 0.717) is 17.6 Å². The maximum absolute atomic E-state index is 12.2. The van der Waals surface area contributed by atoms with Crippen LogP contribution in [0.2, 0.25) is 0 Å². The lowest BCUT2D eigenvalue weighted by molar-refractivity contribution is 0.586. The highest BCUT2D eigenvalue weighted by atomic mass is 16.1. The fraction of sp³-hybridized carbons (Fsp3) is 0.429. The van der Waals surface area contributed by atoms with E-state index >= 15 is 0 Å². The zero-order chi connectivity index (χ0) is 14.8. The predicted molar refractivity (Wildman–Crippen MR) is 79.0 cm³/mol. The summed E-state index contributed by atoms with van der Waals surface area (Å²) in [5.41, 5.74) is 3.22. The van der Waals surface area contributed by atoms with Gasteiger partial charge in [0.2, 0.25) is 0 Å². The molecule has 7 nitrogen and oxygen atoms in total. The molecule has 0 aromatic carbocycles. The van der Waals surface area contributed by atoms with E-state index in [2.05, 4.69) is 20.1 Å². The lowest BCUT2D eigenvalue weighted by Crippen LogP contribution is -2.20. The van der Waals surface area contributed by atoms with Gasteiger partial charge in [-0.15, -0.1) is 0 Å². The Labute approximate surface area is 121 Å². The highest BCUT2D eigenvalue weighted by molar-refractivity contribution is 5.71. The van der Waals surface area contributed by atoms with Gasteiger partial charge >= 0.3 is 0 Å². The first-order valence-electron chi connectivity index (χ1n) is 7.03. The fourth-order valence-electron chi connectivity index (χ4n) is 2.42. The van der Waals surface area contributed by atoms with Crippen molar-refractivity contribution in [2.45, 2.75) is 32.7 Å². The summed E-state index contributed by atoms with van der Waals surface area (Å²) in [6.07, 6.45) is 7.88. The Balaban J connectivity index is 1.64. The van der Waals surface area contributed by atoms with Crippen molar-refractivity contribution in [2.24, 2.45) is 7.05 Å². The average molecular weight is 286 g/mol. The number of aryl methyl sites for hydroxylation is 4. The number of rotatable bonds is 5. The van der Waals surface area contributed by atoms with Crippen LogP contribution in [0.3, 0.4) is 0 Å². The van der Waals surface area contributed by atoms with Crippen molar-refractivity contribution in [1.29, 1.82) is 0 Å². The first-order valence-corrected chi connectivity index (χ1v) is 7.03. The molecule has 0 saturated carbocycles. The monoisotopic (exact) mass is 286 g/mol. The Kier molecular flexibility index (Phi) is 3.55. The molecule has 0 amide bonds. The van der Waals surface area contributed by atoms with Gasteiger partial charge in [-0.05, 0) is 26.2 Å². The van der Waals surface area contributed by atoms with Gasteiger partial charge in [-0.25, -0.2) is 9.97 Å². The molecule has 0 saturated heterocycles. The van der Waals surface area contributed by atoms with E-state index in [1.54, 1.807) is 35.1 Å². The zero-order valence-corrected chi connectivity index (χ0v) is 12.2. The quantitative estimate of drug-likeness (QED) is 0.714. The number of imidazole rings is 1. The van der Waals surface area contributed by atoms with Crippen molar-refractivity contribution in [2.75, 3.05) is 0 Å². The summed E-state index contributed by atoms with van der Waals surface area (Å²) in [5.74, 6) is 0. The van der Waals surface area contributed by atoms with Gasteiger partial charge in [0.15, 0.2) is 5.52 Å². The molecule has 3 aromatic heterocycles.